The Hall–Kier alpha value is -0.866. The highest BCUT2D eigenvalue weighted by molar-refractivity contribution is 6.98. The van der Waals surface area contributed by atoms with Crippen molar-refractivity contribution >= 4 is 26.5 Å². The molecule has 0 saturated carbocycles. The zero-order valence-electron chi connectivity index (χ0n) is 21.1. The van der Waals surface area contributed by atoms with Gasteiger partial charge in [-0.25, -0.2) is 0 Å². The first-order valence-electron chi connectivity index (χ1n) is 12.0. The van der Waals surface area contributed by atoms with Gasteiger partial charge in [0.2, 0.25) is 0 Å². The van der Waals surface area contributed by atoms with E-state index in [1.54, 1.807) is 27.1 Å². The molecule has 162 valence electrons. The summed E-state index contributed by atoms with van der Waals surface area (Å²) in [5.74, 6) is 0.631. The van der Waals surface area contributed by atoms with Gasteiger partial charge >= 0.3 is 0 Å². The molecule has 1 atom stereocenters. The molecule has 2 heteroatoms. The highest BCUT2D eigenvalue weighted by Gasteiger charge is 2.44. The van der Waals surface area contributed by atoms with Gasteiger partial charge in [-0.3, -0.25) is 0 Å². The molecule has 0 radical (unpaired) electrons. The molecular formula is C27H46Si2. The van der Waals surface area contributed by atoms with Crippen LogP contribution in [-0.2, 0) is 0 Å². The summed E-state index contributed by atoms with van der Waals surface area (Å²) in [4.78, 5) is 0. The largest absolute Gasteiger partial charge is 0.114 e. The average molecular weight is 427 g/mol. The fourth-order valence-electron chi connectivity index (χ4n) is 5.43. The predicted molar refractivity (Wildman–Crippen MR) is 139 cm³/mol. The summed E-state index contributed by atoms with van der Waals surface area (Å²) < 4.78 is 0. The number of hydrogen-bond acceptors (Lipinski definition) is 0. The van der Waals surface area contributed by atoms with Crippen LogP contribution in [0.4, 0.5) is 0 Å². The summed E-state index contributed by atoms with van der Waals surface area (Å²) in [6.45, 7) is 24.3. The fourth-order valence-corrected chi connectivity index (χ4v) is 13.3. The van der Waals surface area contributed by atoms with Gasteiger partial charge in [0, 0.05) is 0 Å². The Morgan fingerprint density at radius 2 is 1.28 bits per heavy atom. The van der Waals surface area contributed by atoms with Crippen molar-refractivity contribution in [2.24, 2.45) is 5.92 Å². The second kappa shape index (κ2) is 9.51. The Bertz CT molecular complexity index is 781. The maximum Gasteiger partial charge on any atom is 0.114 e. The van der Waals surface area contributed by atoms with Crippen LogP contribution in [0.15, 0.2) is 40.1 Å². The minimum atomic E-state index is -1.77. The van der Waals surface area contributed by atoms with Gasteiger partial charge in [-0.1, -0.05) is 117 Å². The molecule has 0 aliphatic heterocycles. The van der Waals surface area contributed by atoms with E-state index in [4.69, 9.17) is 0 Å². The quantitative estimate of drug-likeness (QED) is 0.356. The number of hydrogen-bond donors (Lipinski definition) is 0. The smallest absolute Gasteiger partial charge is 0.0657 e. The third kappa shape index (κ3) is 4.90. The maximum absolute atomic E-state index is 2.69. The lowest BCUT2D eigenvalue weighted by Gasteiger charge is -2.39. The van der Waals surface area contributed by atoms with Crippen LogP contribution in [0.3, 0.4) is 0 Å². The van der Waals surface area contributed by atoms with Gasteiger partial charge in [-0.05, 0) is 51.3 Å². The molecule has 0 aromatic heterocycles. The number of allylic oxidation sites excluding steroid dienone is 4. The molecule has 0 nitrogen and oxygen atoms in total. The molecule has 1 aliphatic rings. The Balaban J connectivity index is 2.79. The van der Waals surface area contributed by atoms with E-state index in [1.807, 2.05) is 5.20 Å². The highest BCUT2D eigenvalue weighted by atomic mass is 28.3. The lowest BCUT2D eigenvalue weighted by Crippen LogP contribution is -2.54. The number of aryl methyl sites for hydroxylation is 1. The molecule has 2 rings (SSSR count). The predicted octanol–water partition coefficient (Wildman–Crippen LogP) is 7.64. The van der Waals surface area contributed by atoms with Gasteiger partial charge in [-0.2, -0.15) is 0 Å². The SMILES string of the molecule is CCCC[Si](CCCC)(C1=C(C)C(C)=C(C)C1C)c1cc(C)cc([Si](C)(C)C)c1. The molecule has 1 aliphatic carbocycles. The van der Waals surface area contributed by atoms with Crippen LogP contribution in [0.1, 0.15) is 72.8 Å². The van der Waals surface area contributed by atoms with Crippen LogP contribution in [-0.4, -0.2) is 16.1 Å². The van der Waals surface area contributed by atoms with E-state index < -0.39 is 16.1 Å². The van der Waals surface area contributed by atoms with Crippen molar-refractivity contribution in [1.29, 1.82) is 0 Å². The van der Waals surface area contributed by atoms with Crippen molar-refractivity contribution in [3.05, 3.63) is 45.7 Å². The molecule has 29 heavy (non-hydrogen) atoms. The van der Waals surface area contributed by atoms with Gasteiger partial charge in [0.15, 0.2) is 0 Å². The molecule has 0 heterocycles. The summed E-state index contributed by atoms with van der Waals surface area (Å²) in [5, 5.41) is 5.28. The molecule has 0 fully saturated rings. The molecule has 0 N–H and O–H groups in total. The van der Waals surface area contributed by atoms with Crippen LogP contribution >= 0.6 is 0 Å². The summed E-state index contributed by atoms with van der Waals surface area (Å²) >= 11 is 0. The van der Waals surface area contributed by atoms with Gasteiger partial charge in [0.1, 0.15) is 8.07 Å². The summed E-state index contributed by atoms with van der Waals surface area (Å²) in [6.07, 6.45) is 5.35. The maximum atomic E-state index is 2.69. The minimum absolute atomic E-state index is 0.631. The summed E-state index contributed by atoms with van der Waals surface area (Å²) in [6, 6.07) is 10.6. The van der Waals surface area contributed by atoms with E-state index in [9.17, 15) is 0 Å². The first-order valence-corrected chi connectivity index (χ1v) is 17.9. The average Bonchev–Trinajstić information content (AvgIpc) is 2.85. The second-order valence-corrected chi connectivity index (χ2v) is 20.1. The normalized spacial score (nSPS) is 18.2. The van der Waals surface area contributed by atoms with Crippen LogP contribution < -0.4 is 10.4 Å². The Morgan fingerprint density at radius 1 is 0.759 bits per heavy atom. The third-order valence-electron chi connectivity index (χ3n) is 7.57. The molecule has 1 aromatic carbocycles. The molecule has 1 unspecified atom stereocenters. The van der Waals surface area contributed by atoms with E-state index in [0.29, 0.717) is 5.92 Å². The molecule has 1 aromatic rings. The van der Waals surface area contributed by atoms with Gasteiger partial charge in [0.25, 0.3) is 0 Å². The van der Waals surface area contributed by atoms with Crippen LogP contribution in [0.5, 0.6) is 0 Å². The topological polar surface area (TPSA) is 0 Å². The number of benzene rings is 1. The number of unbranched alkanes of at least 4 members (excludes halogenated alkanes) is 2. The van der Waals surface area contributed by atoms with Crippen molar-refractivity contribution in [2.45, 2.75) is 106 Å². The lowest BCUT2D eigenvalue weighted by molar-refractivity contribution is 0.803. The van der Waals surface area contributed by atoms with Gasteiger partial charge in [-0.15, -0.1) is 0 Å². The van der Waals surface area contributed by atoms with E-state index in [0.717, 1.165) is 0 Å². The fraction of sp³-hybridized carbons (Fsp3) is 0.630. The Labute approximate surface area is 183 Å². The lowest BCUT2D eigenvalue weighted by atomic mass is 10.1. The third-order valence-corrected chi connectivity index (χ3v) is 15.2. The Kier molecular flexibility index (Phi) is 8.01. The summed E-state index contributed by atoms with van der Waals surface area (Å²) in [5.41, 5.74) is 6.33. The van der Waals surface area contributed by atoms with E-state index in [-0.39, 0.29) is 0 Å². The zero-order chi connectivity index (χ0) is 22.0. The van der Waals surface area contributed by atoms with Crippen molar-refractivity contribution in [3.63, 3.8) is 0 Å². The molecule has 0 spiro atoms. The first-order chi connectivity index (χ1) is 13.5. The van der Waals surface area contributed by atoms with Crippen molar-refractivity contribution in [2.75, 3.05) is 0 Å². The van der Waals surface area contributed by atoms with Crippen LogP contribution in [0.2, 0.25) is 31.7 Å². The zero-order valence-corrected chi connectivity index (χ0v) is 23.1. The standard InChI is InChI=1S/C27H46Si2/c1-11-13-15-29(16-14-12-2,27-23(6)21(4)22(5)24(27)7)26-18-20(3)17-25(19-26)28(8,9)10/h17-19,23H,11-16H2,1-10H3. The van der Waals surface area contributed by atoms with E-state index in [1.165, 1.54) is 43.3 Å². The minimum Gasteiger partial charge on any atom is -0.0657 e. The number of rotatable bonds is 9. The monoisotopic (exact) mass is 426 g/mol. The van der Waals surface area contributed by atoms with Gasteiger partial charge in [0.05, 0.1) is 8.07 Å². The van der Waals surface area contributed by atoms with E-state index >= 15 is 0 Å². The second-order valence-electron chi connectivity index (χ2n) is 10.7. The first kappa shape index (κ1) is 24.4. The van der Waals surface area contributed by atoms with Crippen molar-refractivity contribution in [3.8, 4) is 0 Å². The van der Waals surface area contributed by atoms with E-state index in [2.05, 4.69) is 86.3 Å². The molecular weight excluding hydrogens is 380 g/mol. The summed E-state index contributed by atoms with van der Waals surface area (Å²) in [7, 11) is -3.11. The highest BCUT2D eigenvalue weighted by Crippen LogP contribution is 2.45. The van der Waals surface area contributed by atoms with Crippen molar-refractivity contribution < 1.29 is 0 Å². The van der Waals surface area contributed by atoms with Gasteiger partial charge < -0.3 is 0 Å². The van der Waals surface area contributed by atoms with Crippen LogP contribution in [0.25, 0.3) is 0 Å². The molecule has 0 amide bonds. The van der Waals surface area contributed by atoms with Crippen molar-refractivity contribution in [1.82, 2.24) is 0 Å². The molecule has 0 bridgehead atoms. The molecule has 0 saturated heterocycles. The van der Waals surface area contributed by atoms with Crippen LogP contribution in [0, 0.1) is 12.8 Å². The Morgan fingerprint density at radius 3 is 1.69 bits per heavy atom.